The topological polar surface area (TPSA) is 49.8 Å². The molecule has 0 aliphatic carbocycles. The minimum absolute atomic E-state index is 0.202. The highest BCUT2D eigenvalue weighted by molar-refractivity contribution is 5.73. The van der Waals surface area contributed by atoms with Crippen LogP contribution in [0.1, 0.15) is 19.8 Å². The lowest BCUT2D eigenvalue weighted by molar-refractivity contribution is -0.143. The summed E-state index contributed by atoms with van der Waals surface area (Å²) in [5.74, 6) is -0.708. The molecule has 1 aliphatic rings. The number of ether oxygens (including phenoxy) is 1. The van der Waals surface area contributed by atoms with Gasteiger partial charge in [0.15, 0.2) is 0 Å². The van der Waals surface area contributed by atoms with E-state index in [1.807, 2.05) is 11.8 Å². The second-order valence-corrected chi connectivity index (χ2v) is 3.54. The first-order valence-electron chi connectivity index (χ1n) is 4.64. The van der Waals surface area contributed by atoms with Gasteiger partial charge in [-0.2, -0.15) is 0 Å². The Kier molecular flexibility index (Phi) is 3.69. The summed E-state index contributed by atoms with van der Waals surface area (Å²) in [4.78, 5) is 12.8. The SMILES string of the molecule is COCC(C)N1CCCC1C(=O)O. The fourth-order valence-electron chi connectivity index (χ4n) is 1.92. The monoisotopic (exact) mass is 187 g/mol. The maximum atomic E-state index is 10.8. The van der Waals surface area contributed by atoms with Crippen molar-refractivity contribution in [3.63, 3.8) is 0 Å². The first-order valence-corrected chi connectivity index (χ1v) is 4.64. The number of carbonyl (C=O) groups is 1. The third kappa shape index (κ3) is 2.42. The Morgan fingerprint density at radius 2 is 2.46 bits per heavy atom. The first-order chi connectivity index (χ1) is 6.16. The van der Waals surface area contributed by atoms with Crippen LogP contribution in [0.15, 0.2) is 0 Å². The van der Waals surface area contributed by atoms with Crippen LogP contribution < -0.4 is 0 Å². The van der Waals surface area contributed by atoms with Crippen molar-refractivity contribution in [1.29, 1.82) is 0 Å². The average Bonchev–Trinajstić information content (AvgIpc) is 2.52. The Morgan fingerprint density at radius 3 is 3.00 bits per heavy atom. The lowest BCUT2D eigenvalue weighted by Crippen LogP contribution is -2.43. The summed E-state index contributed by atoms with van der Waals surface area (Å²) in [6.07, 6.45) is 1.74. The van der Waals surface area contributed by atoms with Crippen molar-refractivity contribution >= 4 is 5.97 Å². The number of aliphatic carboxylic acids is 1. The zero-order chi connectivity index (χ0) is 9.84. The van der Waals surface area contributed by atoms with Gasteiger partial charge in [-0.25, -0.2) is 0 Å². The summed E-state index contributed by atoms with van der Waals surface area (Å²) >= 11 is 0. The van der Waals surface area contributed by atoms with Crippen molar-refractivity contribution in [2.45, 2.75) is 31.8 Å². The number of hydrogen-bond donors (Lipinski definition) is 1. The minimum atomic E-state index is -0.708. The van der Waals surface area contributed by atoms with E-state index in [1.54, 1.807) is 7.11 Å². The van der Waals surface area contributed by atoms with Crippen LogP contribution in [0.4, 0.5) is 0 Å². The standard InChI is InChI=1S/C9H17NO3/c1-7(6-13-2)10-5-3-4-8(10)9(11)12/h7-8H,3-6H2,1-2H3,(H,11,12). The molecule has 2 unspecified atom stereocenters. The molecule has 1 fully saturated rings. The van der Waals surface area contributed by atoms with Crippen LogP contribution >= 0.6 is 0 Å². The Bertz CT molecular complexity index is 184. The number of methoxy groups -OCH3 is 1. The first kappa shape index (κ1) is 10.5. The average molecular weight is 187 g/mol. The third-order valence-corrected chi connectivity index (χ3v) is 2.55. The van der Waals surface area contributed by atoms with Crippen LogP contribution in [0.3, 0.4) is 0 Å². The van der Waals surface area contributed by atoms with Crippen molar-refractivity contribution in [2.75, 3.05) is 20.3 Å². The van der Waals surface area contributed by atoms with Crippen LogP contribution in [0, 0.1) is 0 Å². The molecule has 1 heterocycles. The Labute approximate surface area is 78.5 Å². The number of rotatable bonds is 4. The summed E-state index contributed by atoms with van der Waals surface area (Å²) in [6, 6.07) is -0.0984. The molecule has 13 heavy (non-hydrogen) atoms. The van der Waals surface area contributed by atoms with Crippen LogP contribution in [-0.2, 0) is 9.53 Å². The third-order valence-electron chi connectivity index (χ3n) is 2.55. The van der Waals surface area contributed by atoms with Gasteiger partial charge in [0, 0.05) is 13.2 Å². The van der Waals surface area contributed by atoms with E-state index < -0.39 is 5.97 Å². The van der Waals surface area contributed by atoms with E-state index >= 15 is 0 Å². The van der Waals surface area contributed by atoms with Gasteiger partial charge in [-0.15, -0.1) is 0 Å². The van der Waals surface area contributed by atoms with Gasteiger partial charge in [-0.05, 0) is 26.3 Å². The Balaban J connectivity index is 2.52. The zero-order valence-corrected chi connectivity index (χ0v) is 8.19. The van der Waals surface area contributed by atoms with Crippen molar-refractivity contribution in [3.05, 3.63) is 0 Å². The quantitative estimate of drug-likeness (QED) is 0.699. The molecule has 0 aromatic rings. The van der Waals surface area contributed by atoms with E-state index in [0.717, 1.165) is 19.4 Å². The molecule has 0 spiro atoms. The van der Waals surface area contributed by atoms with Crippen molar-refractivity contribution in [2.24, 2.45) is 0 Å². The van der Waals surface area contributed by atoms with E-state index in [4.69, 9.17) is 9.84 Å². The highest BCUT2D eigenvalue weighted by atomic mass is 16.5. The fourth-order valence-corrected chi connectivity index (χ4v) is 1.92. The van der Waals surface area contributed by atoms with Crippen molar-refractivity contribution in [3.8, 4) is 0 Å². The second kappa shape index (κ2) is 4.58. The molecule has 4 nitrogen and oxygen atoms in total. The molecule has 1 aliphatic heterocycles. The molecular formula is C9H17NO3. The fraction of sp³-hybridized carbons (Fsp3) is 0.889. The Morgan fingerprint density at radius 1 is 1.77 bits per heavy atom. The van der Waals surface area contributed by atoms with Crippen molar-refractivity contribution in [1.82, 2.24) is 4.90 Å². The molecule has 2 atom stereocenters. The van der Waals surface area contributed by atoms with E-state index in [0.29, 0.717) is 6.61 Å². The summed E-state index contributed by atoms with van der Waals surface area (Å²) in [6.45, 7) is 3.48. The van der Waals surface area contributed by atoms with Gasteiger partial charge in [0.25, 0.3) is 0 Å². The van der Waals surface area contributed by atoms with Gasteiger partial charge >= 0.3 is 5.97 Å². The highest BCUT2D eigenvalue weighted by Gasteiger charge is 2.33. The van der Waals surface area contributed by atoms with Gasteiger partial charge < -0.3 is 9.84 Å². The number of nitrogens with zero attached hydrogens (tertiary/aromatic N) is 1. The van der Waals surface area contributed by atoms with Crippen LogP contribution in [0.25, 0.3) is 0 Å². The summed E-state index contributed by atoms with van der Waals surface area (Å²) in [7, 11) is 1.64. The van der Waals surface area contributed by atoms with Gasteiger partial charge in [-0.1, -0.05) is 0 Å². The van der Waals surface area contributed by atoms with Gasteiger partial charge in [-0.3, -0.25) is 9.69 Å². The molecule has 0 aromatic heterocycles. The predicted molar refractivity (Wildman–Crippen MR) is 48.7 cm³/mol. The number of hydrogen-bond acceptors (Lipinski definition) is 3. The molecule has 1 saturated heterocycles. The van der Waals surface area contributed by atoms with E-state index in [1.165, 1.54) is 0 Å². The number of carboxylic acids is 1. The van der Waals surface area contributed by atoms with E-state index in [-0.39, 0.29) is 12.1 Å². The molecule has 0 bridgehead atoms. The van der Waals surface area contributed by atoms with Gasteiger partial charge in [0.05, 0.1) is 6.61 Å². The highest BCUT2D eigenvalue weighted by Crippen LogP contribution is 2.20. The normalized spacial score (nSPS) is 26.2. The molecule has 0 saturated carbocycles. The predicted octanol–water partition coefficient (Wildman–Crippen LogP) is 0.570. The maximum Gasteiger partial charge on any atom is 0.320 e. The second-order valence-electron chi connectivity index (χ2n) is 3.54. The van der Waals surface area contributed by atoms with Crippen molar-refractivity contribution < 1.29 is 14.6 Å². The molecular weight excluding hydrogens is 170 g/mol. The molecule has 0 radical (unpaired) electrons. The van der Waals surface area contributed by atoms with Crippen LogP contribution in [0.2, 0.25) is 0 Å². The molecule has 1 rings (SSSR count). The number of carboxylic acid groups (broad SMARTS) is 1. The lowest BCUT2D eigenvalue weighted by atomic mass is 10.2. The van der Waals surface area contributed by atoms with Gasteiger partial charge in [0.2, 0.25) is 0 Å². The molecule has 0 amide bonds. The Hall–Kier alpha value is -0.610. The van der Waals surface area contributed by atoms with Crippen LogP contribution in [0.5, 0.6) is 0 Å². The summed E-state index contributed by atoms with van der Waals surface area (Å²) < 4.78 is 5.01. The lowest BCUT2D eigenvalue weighted by Gasteiger charge is -2.27. The van der Waals surface area contributed by atoms with Gasteiger partial charge in [0.1, 0.15) is 6.04 Å². The summed E-state index contributed by atoms with van der Waals surface area (Å²) in [5.41, 5.74) is 0. The molecule has 0 aromatic carbocycles. The van der Waals surface area contributed by atoms with E-state index in [9.17, 15) is 4.79 Å². The van der Waals surface area contributed by atoms with E-state index in [2.05, 4.69) is 0 Å². The smallest absolute Gasteiger partial charge is 0.320 e. The van der Waals surface area contributed by atoms with Crippen LogP contribution in [-0.4, -0.2) is 48.3 Å². The molecule has 76 valence electrons. The minimum Gasteiger partial charge on any atom is -0.480 e. The largest absolute Gasteiger partial charge is 0.480 e. The zero-order valence-electron chi connectivity index (χ0n) is 8.19. The summed E-state index contributed by atoms with van der Waals surface area (Å²) in [5, 5.41) is 8.92. The molecule has 1 N–H and O–H groups in total. The number of likely N-dealkylation sites (tertiary alicyclic amines) is 1. The maximum absolute atomic E-state index is 10.8. The molecule has 4 heteroatoms.